The van der Waals surface area contributed by atoms with Crippen LogP contribution in [0.3, 0.4) is 0 Å². The summed E-state index contributed by atoms with van der Waals surface area (Å²) in [5.41, 5.74) is 3.05. The van der Waals surface area contributed by atoms with Crippen molar-refractivity contribution in [2.24, 2.45) is 0 Å². The number of nitrogens with zero attached hydrogens (tertiary/aromatic N) is 2. The maximum Gasteiger partial charge on any atom is 0.271 e. The van der Waals surface area contributed by atoms with Crippen LogP contribution in [-0.4, -0.2) is 22.7 Å². The summed E-state index contributed by atoms with van der Waals surface area (Å²) in [6.45, 7) is 0. The van der Waals surface area contributed by atoms with Crippen molar-refractivity contribution in [3.8, 4) is 16.9 Å². The van der Waals surface area contributed by atoms with Crippen LogP contribution < -0.4 is 5.32 Å². The fourth-order valence-electron chi connectivity index (χ4n) is 2.21. The molecular formula is C17H14ClN3O. The first-order valence-electron chi connectivity index (χ1n) is 6.82. The highest BCUT2D eigenvalue weighted by atomic mass is 35.5. The van der Waals surface area contributed by atoms with Crippen LogP contribution in [0.4, 0.5) is 0 Å². The van der Waals surface area contributed by atoms with Gasteiger partial charge in [-0.3, -0.25) is 4.79 Å². The molecule has 1 heterocycles. The lowest BCUT2D eigenvalue weighted by molar-refractivity contribution is 0.0957. The standard InChI is InChI=1S/C17H14ClN3O/c1-19-17(22)15-11-16(12-5-3-2-4-6-12)21(20-15)14-9-7-13(18)8-10-14/h2-11H,1H3,(H,19,22). The summed E-state index contributed by atoms with van der Waals surface area (Å²) in [4.78, 5) is 11.9. The molecule has 0 aliphatic rings. The molecule has 0 radical (unpaired) electrons. The lowest BCUT2D eigenvalue weighted by Crippen LogP contribution is -2.18. The predicted octanol–water partition coefficient (Wildman–Crippen LogP) is 3.55. The van der Waals surface area contributed by atoms with Gasteiger partial charge in [0.05, 0.1) is 11.4 Å². The second kappa shape index (κ2) is 6.03. The van der Waals surface area contributed by atoms with E-state index in [9.17, 15) is 4.79 Å². The Balaban J connectivity index is 2.17. The molecule has 110 valence electrons. The number of carbonyl (C=O) groups is 1. The summed E-state index contributed by atoms with van der Waals surface area (Å²) >= 11 is 5.94. The molecule has 0 unspecified atom stereocenters. The smallest absolute Gasteiger partial charge is 0.271 e. The van der Waals surface area contributed by atoms with Crippen LogP contribution in [-0.2, 0) is 0 Å². The number of aromatic nitrogens is 2. The van der Waals surface area contributed by atoms with Gasteiger partial charge in [0.15, 0.2) is 5.69 Å². The first kappa shape index (κ1) is 14.4. The molecule has 3 aromatic rings. The molecule has 0 bridgehead atoms. The Kier molecular flexibility index (Phi) is 3.94. The SMILES string of the molecule is CNC(=O)c1cc(-c2ccccc2)n(-c2ccc(Cl)cc2)n1. The van der Waals surface area contributed by atoms with E-state index in [0.717, 1.165) is 16.9 Å². The second-order valence-electron chi connectivity index (χ2n) is 4.75. The van der Waals surface area contributed by atoms with E-state index in [1.807, 2.05) is 42.5 Å². The summed E-state index contributed by atoms with van der Waals surface area (Å²) in [6, 6.07) is 18.9. The molecule has 2 aromatic carbocycles. The van der Waals surface area contributed by atoms with Crippen LogP contribution in [0.1, 0.15) is 10.5 Å². The molecular weight excluding hydrogens is 298 g/mol. The van der Waals surface area contributed by atoms with Gasteiger partial charge >= 0.3 is 0 Å². The number of amides is 1. The Hall–Kier alpha value is -2.59. The number of rotatable bonds is 3. The summed E-state index contributed by atoms with van der Waals surface area (Å²) in [7, 11) is 1.59. The van der Waals surface area contributed by atoms with Gasteiger partial charge in [0.1, 0.15) is 0 Å². The van der Waals surface area contributed by atoms with Gasteiger partial charge in [-0.05, 0) is 30.3 Å². The van der Waals surface area contributed by atoms with Crippen LogP contribution in [0.25, 0.3) is 16.9 Å². The highest BCUT2D eigenvalue weighted by Gasteiger charge is 2.15. The van der Waals surface area contributed by atoms with E-state index in [-0.39, 0.29) is 5.91 Å². The molecule has 0 saturated heterocycles. The van der Waals surface area contributed by atoms with Crippen molar-refractivity contribution in [1.82, 2.24) is 15.1 Å². The minimum absolute atomic E-state index is 0.218. The van der Waals surface area contributed by atoms with Gasteiger partial charge in [-0.25, -0.2) is 4.68 Å². The first-order chi connectivity index (χ1) is 10.7. The van der Waals surface area contributed by atoms with E-state index in [0.29, 0.717) is 10.7 Å². The molecule has 1 aromatic heterocycles. The molecule has 3 rings (SSSR count). The zero-order valence-corrected chi connectivity index (χ0v) is 12.7. The van der Waals surface area contributed by atoms with E-state index in [1.165, 1.54) is 0 Å². The third kappa shape index (κ3) is 2.73. The van der Waals surface area contributed by atoms with Gasteiger partial charge in [0.25, 0.3) is 5.91 Å². The minimum Gasteiger partial charge on any atom is -0.354 e. The molecule has 0 saturated carbocycles. The average Bonchev–Trinajstić information content (AvgIpc) is 3.01. The van der Waals surface area contributed by atoms with Crippen molar-refractivity contribution < 1.29 is 4.79 Å². The molecule has 1 amide bonds. The van der Waals surface area contributed by atoms with Gasteiger partial charge in [-0.1, -0.05) is 41.9 Å². The van der Waals surface area contributed by atoms with Crippen molar-refractivity contribution in [2.75, 3.05) is 7.05 Å². The topological polar surface area (TPSA) is 46.9 Å². The molecule has 0 aliphatic heterocycles. The van der Waals surface area contributed by atoms with Crippen molar-refractivity contribution in [1.29, 1.82) is 0 Å². The van der Waals surface area contributed by atoms with E-state index in [1.54, 1.807) is 29.9 Å². The second-order valence-corrected chi connectivity index (χ2v) is 5.18. The molecule has 5 heteroatoms. The Morgan fingerprint density at radius 2 is 1.77 bits per heavy atom. The maximum absolute atomic E-state index is 11.9. The largest absolute Gasteiger partial charge is 0.354 e. The van der Waals surface area contributed by atoms with Crippen molar-refractivity contribution in [3.63, 3.8) is 0 Å². The van der Waals surface area contributed by atoms with E-state index < -0.39 is 0 Å². The van der Waals surface area contributed by atoms with Gasteiger partial charge in [0.2, 0.25) is 0 Å². The molecule has 1 N–H and O–H groups in total. The molecule has 0 aliphatic carbocycles. The molecule has 0 fully saturated rings. The van der Waals surface area contributed by atoms with E-state index in [2.05, 4.69) is 10.4 Å². The van der Waals surface area contributed by atoms with Crippen LogP contribution >= 0.6 is 11.6 Å². The Labute approximate surface area is 133 Å². The third-order valence-electron chi connectivity index (χ3n) is 3.31. The Bertz CT molecular complexity index is 795. The summed E-state index contributed by atoms with van der Waals surface area (Å²) in [5.74, 6) is -0.218. The van der Waals surface area contributed by atoms with Crippen LogP contribution in [0.2, 0.25) is 5.02 Å². The lowest BCUT2D eigenvalue weighted by Gasteiger charge is -2.07. The molecule has 0 atom stereocenters. The van der Waals surface area contributed by atoms with Crippen LogP contribution in [0.15, 0.2) is 60.7 Å². The van der Waals surface area contributed by atoms with Crippen molar-refractivity contribution in [2.45, 2.75) is 0 Å². The zero-order valence-electron chi connectivity index (χ0n) is 12.0. The fraction of sp³-hybridized carbons (Fsp3) is 0.0588. The van der Waals surface area contributed by atoms with Crippen LogP contribution in [0.5, 0.6) is 0 Å². The Morgan fingerprint density at radius 3 is 2.41 bits per heavy atom. The summed E-state index contributed by atoms with van der Waals surface area (Å²) in [6.07, 6.45) is 0. The predicted molar refractivity (Wildman–Crippen MR) is 87.4 cm³/mol. The highest BCUT2D eigenvalue weighted by Crippen LogP contribution is 2.24. The average molecular weight is 312 g/mol. The van der Waals surface area contributed by atoms with E-state index in [4.69, 9.17) is 11.6 Å². The minimum atomic E-state index is -0.218. The van der Waals surface area contributed by atoms with Crippen molar-refractivity contribution >= 4 is 17.5 Å². The first-order valence-corrected chi connectivity index (χ1v) is 7.20. The summed E-state index contributed by atoms with van der Waals surface area (Å²) < 4.78 is 1.75. The number of hydrogen-bond donors (Lipinski definition) is 1. The van der Waals surface area contributed by atoms with Gasteiger partial charge < -0.3 is 5.32 Å². The lowest BCUT2D eigenvalue weighted by atomic mass is 10.1. The number of nitrogens with one attached hydrogen (secondary N) is 1. The maximum atomic E-state index is 11.9. The number of halogens is 1. The monoisotopic (exact) mass is 311 g/mol. The molecule has 0 spiro atoms. The molecule has 4 nitrogen and oxygen atoms in total. The van der Waals surface area contributed by atoms with Crippen molar-refractivity contribution in [3.05, 3.63) is 71.4 Å². The fourth-order valence-corrected chi connectivity index (χ4v) is 2.34. The number of hydrogen-bond acceptors (Lipinski definition) is 2. The Morgan fingerprint density at radius 1 is 1.09 bits per heavy atom. The summed E-state index contributed by atoms with van der Waals surface area (Å²) in [5, 5.41) is 7.67. The number of benzene rings is 2. The van der Waals surface area contributed by atoms with Gasteiger partial charge in [-0.15, -0.1) is 0 Å². The molecule has 22 heavy (non-hydrogen) atoms. The normalized spacial score (nSPS) is 10.5. The quantitative estimate of drug-likeness (QED) is 0.804. The third-order valence-corrected chi connectivity index (χ3v) is 3.56. The highest BCUT2D eigenvalue weighted by molar-refractivity contribution is 6.30. The van der Waals surface area contributed by atoms with Gasteiger partial charge in [0, 0.05) is 17.6 Å². The zero-order chi connectivity index (χ0) is 15.5. The number of carbonyl (C=O) groups excluding carboxylic acids is 1. The van der Waals surface area contributed by atoms with Crippen LogP contribution in [0, 0.1) is 0 Å². The van der Waals surface area contributed by atoms with Gasteiger partial charge in [-0.2, -0.15) is 5.10 Å². The van der Waals surface area contributed by atoms with E-state index >= 15 is 0 Å².